The number of nitrogens with zero attached hydrogens (tertiary/aromatic N) is 2. The minimum absolute atomic E-state index is 0.294. The van der Waals surface area contributed by atoms with Crippen LogP contribution in [0, 0.1) is 5.82 Å². The van der Waals surface area contributed by atoms with Crippen LogP contribution in [0.2, 0.25) is 0 Å². The van der Waals surface area contributed by atoms with E-state index >= 15 is 0 Å². The van der Waals surface area contributed by atoms with Gasteiger partial charge in [0.25, 0.3) is 0 Å². The van der Waals surface area contributed by atoms with Gasteiger partial charge in [0.05, 0.1) is 11.4 Å². The van der Waals surface area contributed by atoms with Crippen LogP contribution in [0.25, 0.3) is 11.4 Å². The molecule has 0 aliphatic carbocycles. The van der Waals surface area contributed by atoms with Gasteiger partial charge < -0.3 is 5.32 Å². The number of rotatable bonds is 3. The van der Waals surface area contributed by atoms with Crippen molar-refractivity contribution in [2.75, 3.05) is 5.32 Å². The van der Waals surface area contributed by atoms with Crippen LogP contribution in [0.15, 0.2) is 54.0 Å². The molecule has 5 heteroatoms. The fraction of sp³-hybridized carbons (Fsp3) is 0. The summed E-state index contributed by atoms with van der Waals surface area (Å²) in [7, 11) is 0. The molecule has 2 heterocycles. The summed E-state index contributed by atoms with van der Waals surface area (Å²) in [5.74, 6) is -0.294. The van der Waals surface area contributed by atoms with Crippen molar-refractivity contribution in [1.29, 1.82) is 0 Å². The molecule has 0 fully saturated rings. The van der Waals surface area contributed by atoms with Gasteiger partial charge in [-0.1, -0.05) is 18.2 Å². The van der Waals surface area contributed by atoms with Crippen molar-refractivity contribution in [3.63, 3.8) is 0 Å². The number of thiazole rings is 1. The number of hydrogen-bond donors (Lipinski definition) is 1. The zero-order chi connectivity index (χ0) is 13.1. The zero-order valence-electron chi connectivity index (χ0n) is 9.88. The van der Waals surface area contributed by atoms with Gasteiger partial charge in [-0.25, -0.2) is 9.37 Å². The highest BCUT2D eigenvalue weighted by Gasteiger charge is 2.07. The maximum absolute atomic E-state index is 13.5. The lowest BCUT2D eigenvalue weighted by Gasteiger charge is -2.02. The summed E-state index contributed by atoms with van der Waals surface area (Å²) < 4.78 is 13.5. The van der Waals surface area contributed by atoms with Gasteiger partial charge >= 0.3 is 0 Å². The van der Waals surface area contributed by atoms with Gasteiger partial charge in [-0.15, -0.1) is 11.3 Å². The first-order chi connectivity index (χ1) is 9.33. The Balaban J connectivity index is 1.85. The number of anilines is 2. The number of hydrogen-bond acceptors (Lipinski definition) is 4. The zero-order valence-corrected chi connectivity index (χ0v) is 10.7. The van der Waals surface area contributed by atoms with Crippen LogP contribution in [0.5, 0.6) is 0 Å². The van der Waals surface area contributed by atoms with Crippen molar-refractivity contribution in [2.24, 2.45) is 0 Å². The topological polar surface area (TPSA) is 37.8 Å². The van der Waals surface area contributed by atoms with Gasteiger partial charge in [0.1, 0.15) is 11.5 Å². The Kier molecular flexibility index (Phi) is 3.20. The van der Waals surface area contributed by atoms with Crippen LogP contribution in [0.1, 0.15) is 0 Å². The van der Waals surface area contributed by atoms with E-state index in [1.54, 1.807) is 24.4 Å². The number of aromatic nitrogens is 2. The van der Waals surface area contributed by atoms with Crippen molar-refractivity contribution in [2.45, 2.75) is 0 Å². The highest BCUT2D eigenvalue weighted by atomic mass is 32.1. The molecular formula is C14H10FN3S. The molecule has 0 amide bonds. The quantitative estimate of drug-likeness (QED) is 0.779. The first-order valence-electron chi connectivity index (χ1n) is 5.71. The molecule has 1 N–H and O–H groups in total. The lowest BCUT2D eigenvalue weighted by molar-refractivity contribution is 0.632. The molecule has 94 valence electrons. The van der Waals surface area contributed by atoms with Gasteiger partial charge in [0.2, 0.25) is 0 Å². The molecule has 0 unspecified atom stereocenters. The van der Waals surface area contributed by atoms with Gasteiger partial charge in [0.15, 0.2) is 5.13 Å². The first-order valence-corrected chi connectivity index (χ1v) is 6.59. The molecule has 1 aromatic carbocycles. The number of para-hydroxylation sites is 1. The Morgan fingerprint density at radius 2 is 1.84 bits per heavy atom. The van der Waals surface area contributed by atoms with Crippen LogP contribution >= 0.6 is 11.3 Å². The molecule has 0 aliphatic heterocycles. The minimum Gasteiger partial charge on any atom is -0.329 e. The summed E-state index contributed by atoms with van der Waals surface area (Å²) in [5, 5.41) is 5.51. The summed E-state index contributed by atoms with van der Waals surface area (Å²) >= 11 is 1.42. The van der Waals surface area contributed by atoms with E-state index in [1.165, 1.54) is 17.4 Å². The fourth-order valence-electron chi connectivity index (χ4n) is 1.64. The third kappa shape index (κ3) is 2.61. The Bertz CT molecular complexity index is 682. The van der Waals surface area contributed by atoms with E-state index < -0.39 is 0 Å². The molecule has 0 aliphatic rings. The van der Waals surface area contributed by atoms with E-state index in [4.69, 9.17) is 0 Å². The second-order valence-electron chi connectivity index (χ2n) is 3.86. The molecular weight excluding hydrogens is 261 g/mol. The van der Waals surface area contributed by atoms with Gasteiger partial charge in [-0.2, -0.15) is 0 Å². The Hall–Kier alpha value is -2.27. The lowest BCUT2D eigenvalue weighted by Crippen LogP contribution is -1.92. The predicted molar refractivity (Wildman–Crippen MR) is 75.0 cm³/mol. The second-order valence-corrected chi connectivity index (χ2v) is 4.72. The van der Waals surface area contributed by atoms with E-state index in [1.807, 2.05) is 23.6 Å². The molecule has 3 nitrogen and oxygen atoms in total. The van der Waals surface area contributed by atoms with Crippen LogP contribution in [0.4, 0.5) is 15.2 Å². The number of nitrogens with one attached hydrogen (secondary N) is 1. The van der Waals surface area contributed by atoms with Crippen LogP contribution < -0.4 is 5.32 Å². The van der Waals surface area contributed by atoms with E-state index in [-0.39, 0.29) is 5.82 Å². The molecule has 3 rings (SSSR count). The second kappa shape index (κ2) is 5.16. The molecule has 0 bridgehead atoms. The largest absolute Gasteiger partial charge is 0.329 e. The van der Waals surface area contributed by atoms with E-state index in [9.17, 15) is 4.39 Å². The molecule has 2 aromatic heterocycles. The van der Waals surface area contributed by atoms with Crippen molar-refractivity contribution in [3.8, 4) is 11.4 Å². The lowest BCUT2D eigenvalue weighted by atomic mass is 10.3. The molecule has 0 spiro atoms. The van der Waals surface area contributed by atoms with Gasteiger partial charge in [0, 0.05) is 11.6 Å². The van der Waals surface area contributed by atoms with Crippen molar-refractivity contribution in [3.05, 3.63) is 59.9 Å². The molecule has 0 saturated carbocycles. The highest BCUT2D eigenvalue weighted by molar-refractivity contribution is 7.14. The van der Waals surface area contributed by atoms with E-state index in [2.05, 4.69) is 15.3 Å². The smallest absolute Gasteiger partial charge is 0.187 e. The van der Waals surface area contributed by atoms with Gasteiger partial charge in [-0.05, 0) is 24.3 Å². The third-order valence-electron chi connectivity index (χ3n) is 2.55. The summed E-state index contributed by atoms with van der Waals surface area (Å²) in [5.41, 5.74) is 2.01. The van der Waals surface area contributed by atoms with E-state index in [0.717, 1.165) is 11.4 Å². The fourth-order valence-corrected chi connectivity index (χ4v) is 2.36. The number of benzene rings is 1. The summed E-state index contributed by atoms with van der Waals surface area (Å²) in [6, 6.07) is 12.2. The van der Waals surface area contributed by atoms with Crippen molar-refractivity contribution in [1.82, 2.24) is 9.97 Å². The van der Waals surface area contributed by atoms with Crippen molar-refractivity contribution < 1.29 is 4.39 Å². The predicted octanol–water partition coefficient (Wildman–Crippen LogP) is 4.09. The SMILES string of the molecule is Fc1ccccc1Nc1nc(-c2ccccn2)cs1. The third-order valence-corrected chi connectivity index (χ3v) is 3.30. The molecule has 3 aromatic rings. The monoisotopic (exact) mass is 271 g/mol. The molecule has 0 saturated heterocycles. The van der Waals surface area contributed by atoms with Crippen molar-refractivity contribution >= 4 is 22.2 Å². The molecule has 0 radical (unpaired) electrons. The maximum atomic E-state index is 13.5. The number of halogens is 1. The highest BCUT2D eigenvalue weighted by Crippen LogP contribution is 2.26. The standard InChI is InChI=1S/C14H10FN3S/c15-10-5-1-2-6-11(10)17-14-18-13(9-19-14)12-7-3-4-8-16-12/h1-9H,(H,17,18). The maximum Gasteiger partial charge on any atom is 0.187 e. The summed E-state index contributed by atoms with van der Waals surface area (Å²) in [6.07, 6.45) is 1.72. The average Bonchev–Trinajstić information content (AvgIpc) is 2.91. The van der Waals surface area contributed by atoms with Crippen LogP contribution in [-0.4, -0.2) is 9.97 Å². The van der Waals surface area contributed by atoms with Gasteiger partial charge in [-0.3, -0.25) is 4.98 Å². The first kappa shape index (κ1) is 11.8. The summed E-state index contributed by atoms with van der Waals surface area (Å²) in [4.78, 5) is 8.62. The van der Waals surface area contributed by atoms with Crippen LogP contribution in [-0.2, 0) is 0 Å². The Morgan fingerprint density at radius 1 is 1.00 bits per heavy atom. The normalized spacial score (nSPS) is 10.4. The molecule has 0 atom stereocenters. The van der Waals surface area contributed by atoms with Crippen LogP contribution in [0.3, 0.4) is 0 Å². The van der Waals surface area contributed by atoms with E-state index in [0.29, 0.717) is 10.8 Å². The Labute approximate surface area is 113 Å². The molecule has 19 heavy (non-hydrogen) atoms. The average molecular weight is 271 g/mol. The summed E-state index contributed by atoms with van der Waals surface area (Å²) in [6.45, 7) is 0. The Morgan fingerprint density at radius 3 is 2.63 bits per heavy atom. The number of pyridine rings is 1. The minimum atomic E-state index is -0.294.